The summed E-state index contributed by atoms with van der Waals surface area (Å²) >= 11 is 0. The van der Waals surface area contributed by atoms with Crippen LogP contribution in [0.4, 0.5) is 0 Å². The summed E-state index contributed by atoms with van der Waals surface area (Å²) in [6.07, 6.45) is 11.6. The zero-order chi connectivity index (χ0) is 4.95. The van der Waals surface area contributed by atoms with Gasteiger partial charge in [-0.25, -0.2) is 0 Å². The first kappa shape index (κ1) is 11.5. The Balaban J connectivity index is 0. The van der Waals surface area contributed by atoms with Gasteiger partial charge in [-0.05, 0) is 12.2 Å². The molecule has 52 valence electrons. The maximum atomic E-state index is 2.92. The average molecular weight is 161 g/mol. The van der Waals surface area contributed by atoms with Crippen LogP contribution in [0.1, 0.15) is 0 Å². The van der Waals surface area contributed by atoms with E-state index >= 15 is 0 Å². The van der Waals surface area contributed by atoms with Gasteiger partial charge in [0.05, 0.1) is 0 Å². The van der Waals surface area contributed by atoms with Crippen molar-refractivity contribution >= 4 is 27.0 Å². The van der Waals surface area contributed by atoms with E-state index in [1.165, 1.54) is 0 Å². The van der Waals surface area contributed by atoms with Crippen LogP contribution in [-0.2, 0) is 0 Å². The van der Waals surface area contributed by atoms with E-state index in [1.807, 2.05) is 36.7 Å². The number of hydrogen-bond donors (Lipinski definition) is 1. The highest BCUT2D eigenvalue weighted by atomic mass is 32.1. The lowest BCUT2D eigenvalue weighted by atomic mass is 10.5. The van der Waals surface area contributed by atoms with Crippen molar-refractivity contribution in [1.82, 2.24) is 5.32 Å². The van der Waals surface area contributed by atoms with Gasteiger partial charge in [0.15, 0.2) is 0 Å². The van der Waals surface area contributed by atoms with Crippen molar-refractivity contribution < 1.29 is 0 Å². The smallest absolute Gasteiger partial charge is 0.000442 e. The normalized spacial score (nSPS) is 12.4. The first-order valence-corrected chi connectivity index (χ1v) is 2.24. The lowest BCUT2D eigenvalue weighted by Gasteiger charge is -1.79. The molecule has 0 aliphatic carbocycles. The van der Waals surface area contributed by atoms with Crippen LogP contribution in [0.2, 0.25) is 0 Å². The van der Waals surface area contributed by atoms with Gasteiger partial charge in [-0.3, -0.25) is 0 Å². The Morgan fingerprint density at radius 2 is 1.11 bits per heavy atom. The summed E-state index contributed by atoms with van der Waals surface area (Å²) in [5.41, 5.74) is 0. The Hall–Kier alpha value is -0.280. The van der Waals surface area contributed by atoms with Gasteiger partial charge in [0.2, 0.25) is 0 Å². The van der Waals surface area contributed by atoms with Crippen molar-refractivity contribution in [3.63, 3.8) is 0 Å². The van der Waals surface area contributed by atoms with Crippen LogP contribution in [-0.4, -0.2) is 0 Å². The molecule has 0 fully saturated rings. The van der Waals surface area contributed by atoms with Crippen molar-refractivity contribution in [1.29, 1.82) is 0 Å². The molecule has 1 heterocycles. The predicted octanol–water partition coefficient (Wildman–Crippen LogP) is 1.40. The number of allylic oxidation sites excluding steroid dienone is 4. The summed E-state index contributed by atoms with van der Waals surface area (Å²) in [7, 11) is 0. The number of rotatable bonds is 0. The summed E-state index contributed by atoms with van der Waals surface area (Å²) in [6.45, 7) is 0. The fraction of sp³-hybridized carbons (Fsp3) is 0. The van der Waals surface area contributed by atoms with Crippen LogP contribution in [0, 0.1) is 0 Å². The molecule has 0 aromatic carbocycles. The monoisotopic (exact) mass is 161 g/mol. The standard InChI is InChI=1S/C6H7N.2H2S/c1-2-4-6-7-5-3-1;;/h1-7H;2*1H2. The van der Waals surface area contributed by atoms with Gasteiger partial charge < -0.3 is 5.32 Å². The highest BCUT2D eigenvalue weighted by molar-refractivity contribution is 7.59. The summed E-state index contributed by atoms with van der Waals surface area (Å²) in [5.74, 6) is 0. The van der Waals surface area contributed by atoms with Gasteiger partial charge in [0.25, 0.3) is 0 Å². The minimum absolute atomic E-state index is 0. The first-order chi connectivity index (χ1) is 3.50. The lowest BCUT2D eigenvalue weighted by Crippen LogP contribution is -1.87. The van der Waals surface area contributed by atoms with Gasteiger partial charge in [0, 0.05) is 12.4 Å². The minimum atomic E-state index is 0. The van der Waals surface area contributed by atoms with E-state index in [-0.39, 0.29) is 27.0 Å². The molecule has 1 aliphatic heterocycles. The van der Waals surface area contributed by atoms with E-state index in [9.17, 15) is 0 Å². The van der Waals surface area contributed by atoms with Gasteiger partial charge in [-0.15, -0.1) is 0 Å². The van der Waals surface area contributed by atoms with Crippen molar-refractivity contribution in [2.24, 2.45) is 0 Å². The zero-order valence-corrected chi connectivity index (χ0v) is 6.96. The summed E-state index contributed by atoms with van der Waals surface area (Å²) < 4.78 is 0. The molecule has 0 saturated carbocycles. The molecule has 0 aromatic heterocycles. The maximum absolute atomic E-state index is 2.92. The third-order valence-corrected chi connectivity index (χ3v) is 0.718. The summed E-state index contributed by atoms with van der Waals surface area (Å²) in [6, 6.07) is 0. The Labute approximate surface area is 69.4 Å². The Kier molecular flexibility index (Phi) is 9.87. The van der Waals surface area contributed by atoms with Crippen molar-refractivity contribution in [3.05, 3.63) is 36.7 Å². The molecule has 0 unspecified atom stereocenters. The quantitative estimate of drug-likeness (QED) is 0.566. The molecule has 0 atom stereocenters. The number of hydrogen-bond acceptors (Lipinski definition) is 1. The van der Waals surface area contributed by atoms with E-state index in [0.29, 0.717) is 0 Å². The fourth-order valence-electron chi connectivity index (χ4n) is 0.406. The second kappa shape index (κ2) is 7.72. The van der Waals surface area contributed by atoms with Gasteiger partial charge in [-0.1, -0.05) is 12.2 Å². The molecule has 0 saturated heterocycles. The Morgan fingerprint density at radius 3 is 1.56 bits per heavy atom. The molecule has 0 amide bonds. The van der Waals surface area contributed by atoms with E-state index in [1.54, 1.807) is 0 Å². The highest BCUT2D eigenvalue weighted by Crippen LogP contribution is 1.81. The SMILES string of the molecule is C1=CC=CNC=C1.S.S. The molecular formula is C6H11NS2. The van der Waals surface area contributed by atoms with E-state index in [0.717, 1.165) is 0 Å². The van der Waals surface area contributed by atoms with E-state index < -0.39 is 0 Å². The van der Waals surface area contributed by atoms with E-state index in [4.69, 9.17) is 0 Å². The van der Waals surface area contributed by atoms with Crippen molar-refractivity contribution in [2.75, 3.05) is 0 Å². The maximum Gasteiger partial charge on any atom is 0.000442 e. The third-order valence-electron chi connectivity index (χ3n) is 0.718. The topological polar surface area (TPSA) is 12.0 Å². The molecule has 1 nitrogen and oxygen atoms in total. The summed E-state index contributed by atoms with van der Waals surface area (Å²) in [5, 5.41) is 2.92. The minimum Gasteiger partial charge on any atom is -0.368 e. The molecule has 0 aromatic rings. The van der Waals surface area contributed by atoms with Crippen LogP contribution >= 0.6 is 27.0 Å². The van der Waals surface area contributed by atoms with Gasteiger partial charge in [0.1, 0.15) is 0 Å². The zero-order valence-electron chi connectivity index (χ0n) is 4.96. The largest absolute Gasteiger partial charge is 0.368 e. The Bertz CT molecular complexity index is 113. The molecule has 1 aliphatic rings. The van der Waals surface area contributed by atoms with Crippen molar-refractivity contribution in [3.8, 4) is 0 Å². The van der Waals surface area contributed by atoms with Gasteiger partial charge in [-0.2, -0.15) is 27.0 Å². The molecule has 1 N–H and O–H groups in total. The summed E-state index contributed by atoms with van der Waals surface area (Å²) in [4.78, 5) is 0. The second-order valence-electron chi connectivity index (χ2n) is 1.27. The molecule has 1 rings (SSSR count). The molecule has 0 bridgehead atoms. The Morgan fingerprint density at radius 1 is 0.667 bits per heavy atom. The lowest BCUT2D eigenvalue weighted by molar-refractivity contribution is 1.20. The molecule has 0 spiro atoms. The van der Waals surface area contributed by atoms with Crippen molar-refractivity contribution in [2.45, 2.75) is 0 Å². The third kappa shape index (κ3) is 5.59. The molecular weight excluding hydrogens is 150 g/mol. The first-order valence-electron chi connectivity index (χ1n) is 2.24. The molecule has 3 heteroatoms. The number of nitrogens with one attached hydrogen (secondary N) is 1. The molecule has 0 radical (unpaired) electrons. The van der Waals surface area contributed by atoms with E-state index in [2.05, 4.69) is 5.32 Å². The van der Waals surface area contributed by atoms with Gasteiger partial charge >= 0.3 is 0 Å². The van der Waals surface area contributed by atoms with Crippen LogP contribution in [0.15, 0.2) is 36.7 Å². The second-order valence-corrected chi connectivity index (χ2v) is 1.27. The van der Waals surface area contributed by atoms with Crippen LogP contribution < -0.4 is 5.32 Å². The fourth-order valence-corrected chi connectivity index (χ4v) is 0.406. The predicted molar refractivity (Wildman–Crippen MR) is 51.3 cm³/mol. The van der Waals surface area contributed by atoms with Crippen LogP contribution in [0.5, 0.6) is 0 Å². The van der Waals surface area contributed by atoms with Crippen LogP contribution in [0.3, 0.4) is 0 Å². The van der Waals surface area contributed by atoms with Crippen LogP contribution in [0.25, 0.3) is 0 Å². The molecule has 9 heavy (non-hydrogen) atoms. The average Bonchev–Trinajstić information content (AvgIpc) is 1.90. The highest BCUT2D eigenvalue weighted by Gasteiger charge is 1.67.